The number of nitrogen functional groups attached to an aromatic ring is 1. The maximum absolute atomic E-state index is 5.85. The highest BCUT2D eigenvalue weighted by Gasteiger charge is 2.45. The Kier molecular flexibility index (Phi) is 2.81. The van der Waals surface area contributed by atoms with Crippen LogP contribution in [0.25, 0.3) is 10.9 Å². The first-order valence-electron chi connectivity index (χ1n) is 6.85. The Bertz CT molecular complexity index is 602. The van der Waals surface area contributed by atoms with Gasteiger partial charge in [0, 0.05) is 17.6 Å². The molecule has 0 atom stereocenters. The van der Waals surface area contributed by atoms with Crippen LogP contribution in [0.15, 0.2) is 24.5 Å². The average Bonchev–Trinajstić information content (AvgIpc) is 3.17. The summed E-state index contributed by atoms with van der Waals surface area (Å²) in [5.41, 5.74) is 7.99. The van der Waals surface area contributed by atoms with Gasteiger partial charge in [0.1, 0.15) is 12.1 Å². The largest absolute Gasteiger partial charge is 0.399 e. The van der Waals surface area contributed by atoms with Crippen molar-refractivity contribution in [3.05, 3.63) is 24.5 Å². The zero-order valence-electron chi connectivity index (χ0n) is 11.5. The molecule has 1 aromatic carbocycles. The number of nitrogens with two attached hydrogens (primary N) is 1. The average molecular weight is 256 g/mol. The van der Waals surface area contributed by atoms with Gasteiger partial charge in [0.05, 0.1) is 5.52 Å². The monoisotopic (exact) mass is 256 g/mol. The molecule has 4 heteroatoms. The zero-order chi connectivity index (χ0) is 13.5. The maximum atomic E-state index is 5.85. The molecular weight excluding hydrogens is 236 g/mol. The van der Waals surface area contributed by atoms with Crippen molar-refractivity contribution in [1.29, 1.82) is 0 Å². The van der Waals surface area contributed by atoms with Gasteiger partial charge >= 0.3 is 0 Å². The molecule has 0 spiro atoms. The van der Waals surface area contributed by atoms with Crippen LogP contribution in [0.1, 0.15) is 26.7 Å². The van der Waals surface area contributed by atoms with E-state index >= 15 is 0 Å². The molecule has 1 aromatic heterocycles. The summed E-state index contributed by atoms with van der Waals surface area (Å²) in [6.45, 7) is 5.57. The standard InChI is InChI=1S/C15H20N4/c1-10(2)15(5-6-15)8-17-14-12-7-11(16)3-4-13(12)18-9-19-14/h3-4,7,9-10H,5-6,8,16H2,1-2H3,(H,17,18,19). The van der Waals surface area contributed by atoms with Gasteiger partial charge < -0.3 is 11.1 Å². The molecule has 19 heavy (non-hydrogen) atoms. The number of hydrogen-bond donors (Lipinski definition) is 2. The van der Waals surface area contributed by atoms with Crippen LogP contribution < -0.4 is 11.1 Å². The first kappa shape index (κ1) is 12.2. The predicted molar refractivity (Wildman–Crippen MR) is 78.9 cm³/mol. The molecule has 0 amide bonds. The third-order valence-corrected chi connectivity index (χ3v) is 4.38. The van der Waals surface area contributed by atoms with Crippen molar-refractivity contribution in [1.82, 2.24) is 9.97 Å². The smallest absolute Gasteiger partial charge is 0.137 e. The third-order valence-electron chi connectivity index (χ3n) is 4.38. The van der Waals surface area contributed by atoms with Crippen LogP contribution in [0.5, 0.6) is 0 Å². The van der Waals surface area contributed by atoms with Gasteiger partial charge in [-0.1, -0.05) is 13.8 Å². The van der Waals surface area contributed by atoms with E-state index in [0.29, 0.717) is 11.3 Å². The molecule has 3 N–H and O–H groups in total. The maximum Gasteiger partial charge on any atom is 0.137 e. The number of hydrogen-bond acceptors (Lipinski definition) is 4. The Morgan fingerprint density at radius 2 is 2.11 bits per heavy atom. The van der Waals surface area contributed by atoms with Crippen LogP contribution in [-0.2, 0) is 0 Å². The zero-order valence-corrected chi connectivity index (χ0v) is 11.5. The molecular formula is C15H20N4. The van der Waals surface area contributed by atoms with E-state index in [0.717, 1.165) is 29.0 Å². The van der Waals surface area contributed by atoms with Gasteiger partial charge in [-0.3, -0.25) is 0 Å². The van der Waals surface area contributed by atoms with Crippen molar-refractivity contribution in [3.8, 4) is 0 Å². The highest BCUT2D eigenvalue weighted by molar-refractivity contribution is 5.91. The summed E-state index contributed by atoms with van der Waals surface area (Å²) in [4.78, 5) is 8.63. The highest BCUT2D eigenvalue weighted by Crippen LogP contribution is 2.51. The summed E-state index contributed by atoms with van der Waals surface area (Å²) < 4.78 is 0. The fraction of sp³-hybridized carbons (Fsp3) is 0.467. The Hall–Kier alpha value is -1.84. The summed E-state index contributed by atoms with van der Waals surface area (Å²) in [5, 5.41) is 4.49. The molecule has 4 nitrogen and oxygen atoms in total. The van der Waals surface area contributed by atoms with Gasteiger partial charge in [-0.05, 0) is 42.4 Å². The van der Waals surface area contributed by atoms with Crippen molar-refractivity contribution in [2.75, 3.05) is 17.6 Å². The second kappa shape index (κ2) is 4.37. The van der Waals surface area contributed by atoms with Crippen LogP contribution in [0.4, 0.5) is 11.5 Å². The lowest BCUT2D eigenvalue weighted by molar-refractivity contribution is 0.380. The molecule has 100 valence electrons. The molecule has 0 unspecified atom stereocenters. The molecule has 0 bridgehead atoms. The highest BCUT2D eigenvalue weighted by atomic mass is 15.0. The van der Waals surface area contributed by atoms with E-state index in [2.05, 4.69) is 29.1 Å². The lowest BCUT2D eigenvalue weighted by Gasteiger charge is -2.20. The van der Waals surface area contributed by atoms with Gasteiger partial charge in [0.2, 0.25) is 0 Å². The summed E-state index contributed by atoms with van der Waals surface area (Å²) in [5.74, 6) is 1.60. The van der Waals surface area contributed by atoms with Crippen molar-refractivity contribution in [3.63, 3.8) is 0 Å². The Balaban J connectivity index is 1.87. The lowest BCUT2D eigenvalue weighted by atomic mass is 9.92. The van der Waals surface area contributed by atoms with Crippen LogP contribution in [0.3, 0.4) is 0 Å². The van der Waals surface area contributed by atoms with Crippen molar-refractivity contribution in [2.24, 2.45) is 11.3 Å². The minimum Gasteiger partial charge on any atom is -0.399 e. The van der Waals surface area contributed by atoms with E-state index in [4.69, 9.17) is 5.73 Å². The van der Waals surface area contributed by atoms with Crippen molar-refractivity contribution in [2.45, 2.75) is 26.7 Å². The number of rotatable bonds is 4. The van der Waals surface area contributed by atoms with E-state index in [-0.39, 0.29) is 0 Å². The van der Waals surface area contributed by atoms with E-state index in [1.54, 1.807) is 6.33 Å². The Morgan fingerprint density at radius 1 is 1.32 bits per heavy atom. The predicted octanol–water partition coefficient (Wildman–Crippen LogP) is 3.06. The van der Waals surface area contributed by atoms with E-state index in [9.17, 15) is 0 Å². The van der Waals surface area contributed by atoms with E-state index < -0.39 is 0 Å². The summed E-state index contributed by atoms with van der Waals surface area (Å²) in [7, 11) is 0. The second-order valence-electron chi connectivity index (χ2n) is 5.87. The fourth-order valence-corrected chi connectivity index (χ4v) is 2.59. The first-order chi connectivity index (χ1) is 9.11. The third kappa shape index (κ3) is 2.23. The molecule has 0 aliphatic heterocycles. The van der Waals surface area contributed by atoms with Gasteiger partial charge in [0.15, 0.2) is 0 Å². The van der Waals surface area contributed by atoms with Crippen LogP contribution in [-0.4, -0.2) is 16.5 Å². The number of aromatic nitrogens is 2. The van der Waals surface area contributed by atoms with Crippen molar-refractivity contribution < 1.29 is 0 Å². The van der Waals surface area contributed by atoms with Crippen LogP contribution in [0.2, 0.25) is 0 Å². The lowest BCUT2D eigenvalue weighted by Crippen LogP contribution is -2.21. The van der Waals surface area contributed by atoms with Crippen molar-refractivity contribution >= 4 is 22.4 Å². The van der Waals surface area contributed by atoms with Gasteiger partial charge in [0.25, 0.3) is 0 Å². The molecule has 2 aromatic rings. The molecule has 3 rings (SSSR count). The number of nitrogens with zero attached hydrogens (tertiary/aromatic N) is 2. The second-order valence-corrected chi connectivity index (χ2v) is 5.87. The number of benzene rings is 1. The van der Waals surface area contributed by atoms with Gasteiger partial charge in [-0.15, -0.1) is 0 Å². The normalized spacial score (nSPS) is 16.8. The van der Waals surface area contributed by atoms with Gasteiger partial charge in [-0.2, -0.15) is 0 Å². The molecule has 1 fully saturated rings. The molecule has 1 saturated carbocycles. The molecule has 1 aliphatic carbocycles. The number of anilines is 2. The summed E-state index contributed by atoms with van der Waals surface area (Å²) in [6, 6.07) is 5.75. The quantitative estimate of drug-likeness (QED) is 0.825. The molecule has 1 aliphatic rings. The number of nitrogens with one attached hydrogen (secondary N) is 1. The summed E-state index contributed by atoms with van der Waals surface area (Å²) >= 11 is 0. The van der Waals surface area contributed by atoms with Gasteiger partial charge in [-0.25, -0.2) is 9.97 Å². The number of fused-ring (bicyclic) bond motifs is 1. The first-order valence-corrected chi connectivity index (χ1v) is 6.85. The molecule has 1 heterocycles. The SMILES string of the molecule is CC(C)C1(CNc2ncnc3ccc(N)cc23)CC1. The van der Waals surface area contributed by atoms with E-state index in [1.165, 1.54) is 12.8 Å². The Morgan fingerprint density at radius 3 is 2.79 bits per heavy atom. The topological polar surface area (TPSA) is 63.8 Å². The molecule has 0 saturated heterocycles. The minimum absolute atomic E-state index is 0.456. The summed E-state index contributed by atoms with van der Waals surface area (Å²) in [6.07, 6.45) is 4.22. The van der Waals surface area contributed by atoms with E-state index in [1.807, 2.05) is 18.2 Å². The minimum atomic E-state index is 0.456. The van der Waals surface area contributed by atoms with Crippen LogP contribution >= 0.6 is 0 Å². The van der Waals surface area contributed by atoms with Crippen LogP contribution in [0, 0.1) is 11.3 Å². The molecule has 0 radical (unpaired) electrons. The fourth-order valence-electron chi connectivity index (χ4n) is 2.59. The Labute approximate surface area is 113 Å².